The molecular formula is C22H27N3O3. The molecule has 28 heavy (non-hydrogen) atoms. The van der Waals surface area contributed by atoms with Crippen LogP contribution < -0.4 is 15.5 Å². The zero-order valence-electron chi connectivity index (χ0n) is 16.8. The molecular weight excluding hydrogens is 354 g/mol. The Balaban J connectivity index is 2.18. The molecule has 0 fully saturated rings. The Hall–Kier alpha value is -3.15. The summed E-state index contributed by atoms with van der Waals surface area (Å²) in [5.41, 5.74) is 4.20. The first-order valence-electron chi connectivity index (χ1n) is 9.42. The number of aryl methyl sites for hydroxylation is 2. The molecule has 2 aromatic carbocycles. The van der Waals surface area contributed by atoms with Crippen molar-refractivity contribution in [1.82, 2.24) is 0 Å². The number of hydrogen-bond acceptors (Lipinski definition) is 3. The molecule has 0 aromatic heterocycles. The van der Waals surface area contributed by atoms with E-state index < -0.39 is 0 Å². The second-order valence-electron chi connectivity index (χ2n) is 6.54. The van der Waals surface area contributed by atoms with Crippen molar-refractivity contribution in [2.75, 3.05) is 22.1 Å². The summed E-state index contributed by atoms with van der Waals surface area (Å²) in [6, 6.07) is 12.8. The summed E-state index contributed by atoms with van der Waals surface area (Å²) < 4.78 is 0. The Kier molecular flexibility index (Phi) is 7.32. The van der Waals surface area contributed by atoms with Gasteiger partial charge in [-0.25, -0.2) is 0 Å². The second-order valence-corrected chi connectivity index (χ2v) is 6.54. The maximum absolute atomic E-state index is 12.7. The normalized spacial score (nSPS) is 10.3. The van der Waals surface area contributed by atoms with Gasteiger partial charge in [0, 0.05) is 30.9 Å². The SMILES string of the molecule is CCc1cccc(CC)c1NC(=O)CN(C(C)=O)c1ccc(NC(C)=O)cc1. The molecule has 0 spiro atoms. The molecule has 0 radical (unpaired) electrons. The van der Waals surface area contributed by atoms with Crippen LogP contribution in [0.15, 0.2) is 42.5 Å². The van der Waals surface area contributed by atoms with Gasteiger partial charge in [0.2, 0.25) is 17.7 Å². The third-order valence-corrected chi connectivity index (χ3v) is 4.44. The summed E-state index contributed by atoms with van der Waals surface area (Å²) in [7, 11) is 0. The molecule has 0 atom stereocenters. The number of amides is 3. The Bertz CT molecular complexity index is 838. The standard InChI is InChI=1S/C22H27N3O3/c1-5-17-8-7-9-18(6-2)22(17)24-21(28)14-25(16(4)27)20-12-10-19(11-13-20)23-15(3)26/h7-13H,5-6,14H2,1-4H3,(H,23,26)(H,24,28). The number of nitrogens with zero attached hydrogens (tertiary/aromatic N) is 1. The lowest BCUT2D eigenvalue weighted by Crippen LogP contribution is -2.37. The van der Waals surface area contributed by atoms with Crippen molar-refractivity contribution in [1.29, 1.82) is 0 Å². The van der Waals surface area contributed by atoms with E-state index in [1.165, 1.54) is 18.7 Å². The molecule has 0 saturated carbocycles. The first kappa shape index (κ1) is 21.2. The fraction of sp³-hybridized carbons (Fsp3) is 0.318. The molecule has 0 aliphatic heterocycles. The Morgan fingerprint density at radius 2 is 1.43 bits per heavy atom. The van der Waals surface area contributed by atoms with Gasteiger partial charge in [-0.15, -0.1) is 0 Å². The minimum absolute atomic E-state index is 0.0873. The molecule has 2 rings (SSSR count). The number of rotatable bonds is 7. The molecule has 148 valence electrons. The van der Waals surface area contributed by atoms with Crippen LogP contribution in [0.1, 0.15) is 38.8 Å². The summed E-state index contributed by atoms with van der Waals surface area (Å²) in [6.45, 7) is 6.85. The largest absolute Gasteiger partial charge is 0.326 e. The highest BCUT2D eigenvalue weighted by Crippen LogP contribution is 2.23. The molecule has 6 nitrogen and oxygen atoms in total. The molecule has 0 aliphatic rings. The van der Waals surface area contributed by atoms with Crippen molar-refractivity contribution in [3.8, 4) is 0 Å². The van der Waals surface area contributed by atoms with Crippen molar-refractivity contribution >= 4 is 34.8 Å². The van der Waals surface area contributed by atoms with E-state index in [2.05, 4.69) is 10.6 Å². The molecule has 0 aliphatic carbocycles. The Morgan fingerprint density at radius 3 is 1.89 bits per heavy atom. The molecule has 3 amide bonds. The maximum Gasteiger partial charge on any atom is 0.244 e. The van der Waals surface area contributed by atoms with Gasteiger partial charge >= 0.3 is 0 Å². The Labute approximate surface area is 165 Å². The van der Waals surface area contributed by atoms with E-state index in [0.717, 1.165) is 29.7 Å². The highest BCUT2D eigenvalue weighted by atomic mass is 16.2. The molecule has 2 aromatic rings. The third kappa shape index (κ3) is 5.42. The van der Waals surface area contributed by atoms with Crippen LogP contribution in [0.3, 0.4) is 0 Å². The fourth-order valence-electron chi connectivity index (χ4n) is 3.04. The van der Waals surface area contributed by atoms with E-state index >= 15 is 0 Å². The van der Waals surface area contributed by atoms with Crippen LogP contribution in [0.25, 0.3) is 0 Å². The lowest BCUT2D eigenvalue weighted by molar-refractivity contribution is -0.120. The van der Waals surface area contributed by atoms with Gasteiger partial charge in [-0.1, -0.05) is 32.0 Å². The van der Waals surface area contributed by atoms with Gasteiger partial charge in [0.05, 0.1) is 0 Å². The van der Waals surface area contributed by atoms with E-state index in [1.807, 2.05) is 32.0 Å². The number of nitrogens with one attached hydrogen (secondary N) is 2. The van der Waals surface area contributed by atoms with Gasteiger partial charge < -0.3 is 15.5 Å². The fourth-order valence-corrected chi connectivity index (χ4v) is 3.04. The van der Waals surface area contributed by atoms with Crippen LogP contribution in [0.5, 0.6) is 0 Å². The lowest BCUT2D eigenvalue weighted by atomic mass is 10.0. The summed E-state index contributed by atoms with van der Waals surface area (Å²) in [5.74, 6) is -0.657. The second kappa shape index (κ2) is 9.69. The highest BCUT2D eigenvalue weighted by Gasteiger charge is 2.17. The first-order chi connectivity index (χ1) is 13.3. The van der Waals surface area contributed by atoms with Gasteiger partial charge in [0.25, 0.3) is 0 Å². The molecule has 6 heteroatoms. The summed E-state index contributed by atoms with van der Waals surface area (Å²) in [4.78, 5) is 37.3. The minimum Gasteiger partial charge on any atom is -0.326 e. The minimum atomic E-state index is -0.253. The van der Waals surface area contributed by atoms with Crippen LogP contribution in [-0.2, 0) is 27.2 Å². The first-order valence-corrected chi connectivity index (χ1v) is 9.42. The van der Waals surface area contributed by atoms with Gasteiger partial charge in [-0.2, -0.15) is 0 Å². The van der Waals surface area contributed by atoms with Crippen LogP contribution in [0.4, 0.5) is 17.1 Å². The van der Waals surface area contributed by atoms with Crippen LogP contribution in [-0.4, -0.2) is 24.3 Å². The molecule has 0 heterocycles. The summed E-state index contributed by atoms with van der Waals surface area (Å²) in [5, 5.41) is 5.66. The maximum atomic E-state index is 12.7. The molecule has 2 N–H and O–H groups in total. The third-order valence-electron chi connectivity index (χ3n) is 4.44. The number of para-hydroxylation sites is 1. The topological polar surface area (TPSA) is 78.5 Å². The zero-order chi connectivity index (χ0) is 20.7. The molecule has 0 saturated heterocycles. The lowest BCUT2D eigenvalue weighted by Gasteiger charge is -2.22. The van der Waals surface area contributed by atoms with Gasteiger partial charge in [0.15, 0.2) is 0 Å². The number of anilines is 3. The van der Waals surface area contributed by atoms with Crippen molar-refractivity contribution < 1.29 is 14.4 Å². The van der Waals surface area contributed by atoms with E-state index in [1.54, 1.807) is 24.3 Å². The van der Waals surface area contributed by atoms with Crippen LogP contribution in [0.2, 0.25) is 0 Å². The van der Waals surface area contributed by atoms with Crippen LogP contribution >= 0.6 is 0 Å². The predicted octanol–water partition coefficient (Wildman–Crippen LogP) is 3.76. The monoisotopic (exact) mass is 381 g/mol. The van der Waals surface area contributed by atoms with Crippen molar-refractivity contribution in [2.45, 2.75) is 40.5 Å². The van der Waals surface area contributed by atoms with E-state index in [4.69, 9.17) is 0 Å². The van der Waals surface area contributed by atoms with Crippen molar-refractivity contribution in [3.05, 3.63) is 53.6 Å². The number of hydrogen-bond donors (Lipinski definition) is 2. The smallest absolute Gasteiger partial charge is 0.244 e. The number of carbonyl (C=O) groups is 3. The van der Waals surface area contributed by atoms with Crippen molar-refractivity contribution in [2.24, 2.45) is 0 Å². The van der Waals surface area contributed by atoms with Gasteiger partial charge in [-0.05, 0) is 48.2 Å². The molecule has 0 unspecified atom stereocenters. The quantitative estimate of drug-likeness (QED) is 0.766. The average molecular weight is 381 g/mol. The van der Waals surface area contributed by atoms with Gasteiger partial charge in [-0.3, -0.25) is 14.4 Å². The summed E-state index contributed by atoms with van der Waals surface area (Å²) >= 11 is 0. The molecule has 0 bridgehead atoms. The summed E-state index contributed by atoms with van der Waals surface area (Å²) in [6.07, 6.45) is 1.62. The zero-order valence-corrected chi connectivity index (χ0v) is 16.8. The van der Waals surface area contributed by atoms with Gasteiger partial charge in [0.1, 0.15) is 6.54 Å². The predicted molar refractivity (Wildman–Crippen MR) is 113 cm³/mol. The Morgan fingerprint density at radius 1 is 0.857 bits per heavy atom. The van der Waals surface area contributed by atoms with E-state index in [-0.39, 0.29) is 24.3 Å². The van der Waals surface area contributed by atoms with Crippen LogP contribution in [0, 0.1) is 0 Å². The van der Waals surface area contributed by atoms with Crippen molar-refractivity contribution in [3.63, 3.8) is 0 Å². The number of benzene rings is 2. The highest BCUT2D eigenvalue weighted by molar-refractivity contribution is 6.02. The van der Waals surface area contributed by atoms with E-state index in [0.29, 0.717) is 11.4 Å². The number of carbonyl (C=O) groups excluding carboxylic acids is 3. The average Bonchev–Trinajstić information content (AvgIpc) is 2.66. The van der Waals surface area contributed by atoms with E-state index in [9.17, 15) is 14.4 Å².